The quantitative estimate of drug-likeness (QED) is 0.559. The first kappa shape index (κ1) is 7.56. The number of rotatable bonds is 2. The number of amides is 1. The van der Waals surface area contributed by atoms with Crippen molar-refractivity contribution in [3.8, 4) is 0 Å². The minimum atomic E-state index is -0.0278. The van der Waals surface area contributed by atoms with Crippen LogP contribution in [0, 0.1) is 5.92 Å². The molecule has 0 heterocycles. The molecule has 0 aliphatic rings. The van der Waals surface area contributed by atoms with E-state index in [0.717, 1.165) is 0 Å². The lowest BCUT2D eigenvalue weighted by molar-refractivity contribution is -0.122. The van der Waals surface area contributed by atoms with E-state index >= 15 is 0 Å². The lowest BCUT2D eigenvalue weighted by Gasteiger charge is -1.99. The normalized spacial score (nSPS) is 8.88. The van der Waals surface area contributed by atoms with Crippen LogP contribution in [-0.2, 0) is 4.79 Å². The highest BCUT2D eigenvalue weighted by atomic mass is 32.1. The molecule has 0 bridgehead atoms. The topological polar surface area (TPSA) is 29.1 Å². The Labute approximate surface area is 54.3 Å². The molecule has 0 atom stereocenters. The average Bonchev–Trinajstić information content (AvgIpc) is 1.67. The predicted molar refractivity (Wildman–Crippen MR) is 36.6 cm³/mol. The summed E-state index contributed by atoms with van der Waals surface area (Å²) in [5.74, 6) is -0.00537. The van der Waals surface area contributed by atoms with E-state index < -0.39 is 0 Å². The number of hydrogen-bond donors (Lipinski definition) is 1. The molecule has 0 rings (SSSR count). The van der Waals surface area contributed by atoms with Crippen molar-refractivity contribution in [3.05, 3.63) is 0 Å². The summed E-state index contributed by atoms with van der Waals surface area (Å²) in [5, 5.41) is 2.40. The molecule has 0 unspecified atom stereocenters. The summed E-state index contributed by atoms with van der Waals surface area (Å²) in [6.45, 7) is 3.63. The Balaban J connectivity index is 3.48. The van der Waals surface area contributed by atoms with Crippen molar-refractivity contribution in [2.24, 2.45) is 5.92 Å². The summed E-state index contributed by atoms with van der Waals surface area (Å²) in [6, 6.07) is 0. The summed E-state index contributed by atoms with van der Waals surface area (Å²) in [7, 11) is 0. The first-order chi connectivity index (χ1) is 3.68. The van der Waals surface area contributed by atoms with Crippen LogP contribution in [0.5, 0.6) is 0 Å². The number of carbonyl (C=O) groups excluding carboxylic acids is 1. The Hall–Kier alpha value is -0.440. The van der Waals surface area contributed by atoms with Crippen molar-refractivity contribution < 1.29 is 4.79 Å². The van der Waals surface area contributed by atoms with Gasteiger partial charge in [-0.1, -0.05) is 26.1 Å². The van der Waals surface area contributed by atoms with Crippen LogP contribution in [0.2, 0.25) is 0 Å². The molecule has 0 aliphatic heterocycles. The lowest BCUT2D eigenvalue weighted by Crippen LogP contribution is -2.25. The molecule has 0 saturated heterocycles. The Kier molecular flexibility index (Phi) is 3.35. The fourth-order valence-electron chi connectivity index (χ4n) is 0.225. The van der Waals surface area contributed by atoms with Crippen LogP contribution in [0.25, 0.3) is 0 Å². The Bertz CT molecular complexity index is 101. The number of thiocarbonyl (C=S) groups is 1. The van der Waals surface area contributed by atoms with E-state index in [4.69, 9.17) is 0 Å². The highest BCUT2D eigenvalue weighted by molar-refractivity contribution is 7.78. The van der Waals surface area contributed by atoms with Gasteiger partial charge in [-0.3, -0.25) is 4.79 Å². The molecule has 8 heavy (non-hydrogen) atoms. The zero-order valence-corrected chi connectivity index (χ0v) is 5.79. The summed E-state index contributed by atoms with van der Waals surface area (Å²) in [5.41, 5.74) is 1.22. The van der Waals surface area contributed by atoms with Crippen LogP contribution >= 0.6 is 12.2 Å². The van der Waals surface area contributed by atoms with Gasteiger partial charge >= 0.3 is 0 Å². The zero-order valence-electron chi connectivity index (χ0n) is 4.97. The van der Waals surface area contributed by atoms with Gasteiger partial charge in [-0.2, -0.15) is 0 Å². The second-order valence-corrected chi connectivity index (χ2v) is 2.02. The van der Waals surface area contributed by atoms with Crippen molar-refractivity contribution in [1.29, 1.82) is 0 Å². The molecular weight excluding hydrogens is 122 g/mol. The number of nitrogens with one attached hydrogen (secondary N) is 1. The first-order valence-electron chi connectivity index (χ1n) is 2.42. The van der Waals surface area contributed by atoms with Crippen LogP contribution in [0.15, 0.2) is 0 Å². The summed E-state index contributed by atoms with van der Waals surface area (Å²) >= 11 is 4.39. The molecule has 1 amide bonds. The number of carbonyl (C=O) groups is 1. The molecule has 0 aromatic carbocycles. The molecule has 46 valence electrons. The van der Waals surface area contributed by atoms with E-state index in [9.17, 15) is 4.79 Å². The third-order valence-electron chi connectivity index (χ3n) is 0.726. The van der Waals surface area contributed by atoms with Crippen molar-refractivity contribution in [2.75, 3.05) is 0 Å². The molecule has 0 aliphatic carbocycles. The maximum absolute atomic E-state index is 10.5. The van der Waals surface area contributed by atoms with E-state index in [0.29, 0.717) is 0 Å². The second kappa shape index (κ2) is 3.55. The Morgan fingerprint density at radius 1 is 1.75 bits per heavy atom. The molecule has 3 heteroatoms. The highest BCUT2D eigenvalue weighted by Crippen LogP contribution is 1.87. The fraction of sp³-hybridized carbons (Fsp3) is 0.600. The van der Waals surface area contributed by atoms with Crippen molar-refractivity contribution in [3.63, 3.8) is 0 Å². The van der Waals surface area contributed by atoms with Gasteiger partial charge in [-0.25, -0.2) is 0 Å². The van der Waals surface area contributed by atoms with Gasteiger partial charge in [-0.05, 0) is 0 Å². The van der Waals surface area contributed by atoms with Crippen molar-refractivity contribution in [1.82, 2.24) is 5.32 Å². The largest absolute Gasteiger partial charge is 0.323 e. The van der Waals surface area contributed by atoms with Gasteiger partial charge in [0, 0.05) is 5.92 Å². The maximum atomic E-state index is 10.5. The zero-order chi connectivity index (χ0) is 6.57. The van der Waals surface area contributed by atoms with Crippen LogP contribution in [-0.4, -0.2) is 11.4 Å². The highest BCUT2D eigenvalue weighted by Gasteiger charge is 2.01. The smallest absolute Gasteiger partial charge is 0.227 e. The molecular formula is C5H9NOS. The van der Waals surface area contributed by atoms with Crippen LogP contribution in [0.4, 0.5) is 0 Å². The molecule has 1 N–H and O–H groups in total. The van der Waals surface area contributed by atoms with Gasteiger partial charge in [0.15, 0.2) is 0 Å². The van der Waals surface area contributed by atoms with Crippen LogP contribution in [0.3, 0.4) is 0 Å². The third-order valence-corrected chi connectivity index (χ3v) is 0.843. The summed E-state index contributed by atoms with van der Waals surface area (Å²) in [4.78, 5) is 10.5. The van der Waals surface area contributed by atoms with Crippen LogP contribution < -0.4 is 5.32 Å². The van der Waals surface area contributed by atoms with Gasteiger partial charge in [0.2, 0.25) is 5.91 Å². The molecule has 0 aromatic heterocycles. The minimum absolute atomic E-state index is 0.0224. The standard InChI is InChI=1S/C5H9NOS/c1-4(2)5(7)6-3-8/h3-4H,1-2H3,(H,6,7,8). The van der Waals surface area contributed by atoms with Gasteiger partial charge in [0.25, 0.3) is 0 Å². The third kappa shape index (κ3) is 2.69. The molecule has 0 aromatic rings. The van der Waals surface area contributed by atoms with Crippen molar-refractivity contribution in [2.45, 2.75) is 13.8 Å². The minimum Gasteiger partial charge on any atom is -0.323 e. The molecule has 0 saturated carbocycles. The van der Waals surface area contributed by atoms with Crippen molar-refractivity contribution >= 4 is 23.6 Å². The van der Waals surface area contributed by atoms with E-state index in [2.05, 4.69) is 17.5 Å². The molecule has 0 fully saturated rings. The van der Waals surface area contributed by atoms with Gasteiger partial charge < -0.3 is 5.32 Å². The summed E-state index contributed by atoms with van der Waals surface area (Å²) < 4.78 is 0. The first-order valence-corrected chi connectivity index (χ1v) is 2.89. The van der Waals surface area contributed by atoms with E-state index in [1.54, 1.807) is 0 Å². The summed E-state index contributed by atoms with van der Waals surface area (Å²) in [6.07, 6.45) is 0. The molecule has 0 radical (unpaired) electrons. The Morgan fingerprint density at radius 2 is 2.25 bits per heavy atom. The molecule has 0 spiro atoms. The van der Waals surface area contributed by atoms with E-state index in [-0.39, 0.29) is 11.8 Å². The lowest BCUT2D eigenvalue weighted by atomic mass is 10.2. The monoisotopic (exact) mass is 131 g/mol. The Morgan fingerprint density at radius 3 is 2.38 bits per heavy atom. The number of hydrogen-bond acceptors (Lipinski definition) is 2. The van der Waals surface area contributed by atoms with Crippen LogP contribution in [0.1, 0.15) is 13.8 Å². The van der Waals surface area contributed by atoms with E-state index in [1.807, 2.05) is 13.8 Å². The molecule has 2 nitrogen and oxygen atoms in total. The SMILES string of the molecule is CC(C)C(=O)NC=S. The fourth-order valence-corrected chi connectivity index (χ4v) is 0.341. The predicted octanol–water partition coefficient (Wildman–Crippen LogP) is 0.716. The van der Waals surface area contributed by atoms with Gasteiger partial charge in [-0.15, -0.1) is 0 Å². The van der Waals surface area contributed by atoms with Gasteiger partial charge in [0.05, 0.1) is 5.49 Å². The second-order valence-electron chi connectivity index (χ2n) is 1.78. The van der Waals surface area contributed by atoms with E-state index in [1.165, 1.54) is 5.49 Å². The van der Waals surface area contributed by atoms with Gasteiger partial charge in [0.1, 0.15) is 0 Å². The average molecular weight is 131 g/mol. The maximum Gasteiger partial charge on any atom is 0.227 e.